The standard InChI is InChI=1S/C11H15O2P/c1-3-10-14(12,13-4-2)11-8-6-5-7-9-11/h3,5-9H,1,4,10H2,2H3. The van der Waals surface area contributed by atoms with Gasteiger partial charge in [-0.15, -0.1) is 6.58 Å². The Labute approximate surface area is 85.1 Å². The average molecular weight is 210 g/mol. The SMILES string of the molecule is C=CCP(=O)(OCC)c1ccccc1. The molecule has 0 fully saturated rings. The van der Waals surface area contributed by atoms with Crippen molar-refractivity contribution in [1.82, 2.24) is 0 Å². The Morgan fingerprint density at radius 1 is 1.43 bits per heavy atom. The monoisotopic (exact) mass is 210 g/mol. The van der Waals surface area contributed by atoms with Gasteiger partial charge in [-0.1, -0.05) is 24.3 Å². The minimum Gasteiger partial charge on any atom is -0.325 e. The van der Waals surface area contributed by atoms with Crippen LogP contribution in [0.2, 0.25) is 0 Å². The summed E-state index contributed by atoms with van der Waals surface area (Å²) in [5.74, 6) is 0. The van der Waals surface area contributed by atoms with Gasteiger partial charge in [0.1, 0.15) is 0 Å². The largest absolute Gasteiger partial charge is 0.325 e. The molecule has 0 spiro atoms. The third-order valence-corrected chi connectivity index (χ3v) is 4.36. The summed E-state index contributed by atoms with van der Waals surface area (Å²) >= 11 is 0. The van der Waals surface area contributed by atoms with Crippen LogP contribution in [0.15, 0.2) is 43.0 Å². The molecule has 0 aliphatic heterocycles. The van der Waals surface area contributed by atoms with Crippen molar-refractivity contribution in [2.75, 3.05) is 12.8 Å². The van der Waals surface area contributed by atoms with E-state index < -0.39 is 7.37 Å². The summed E-state index contributed by atoms with van der Waals surface area (Å²) in [5, 5.41) is 0.766. The molecule has 0 radical (unpaired) electrons. The van der Waals surface area contributed by atoms with Crippen molar-refractivity contribution in [2.45, 2.75) is 6.92 Å². The van der Waals surface area contributed by atoms with E-state index in [0.717, 1.165) is 5.30 Å². The Bertz CT molecular complexity index is 332. The minimum absolute atomic E-state index is 0.394. The maximum absolute atomic E-state index is 12.3. The molecule has 1 aromatic carbocycles. The normalized spacial score (nSPS) is 14.6. The van der Waals surface area contributed by atoms with Gasteiger partial charge in [-0.25, -0.2) is 0 Å². The van der Waals surface area contributed by atoms with Gasteiger partial charge in [0.05, 0.1) is 6.61 Å². The molecule has 0 N–H and O–H groups in total. The first kappa shape index (κ1) is 11.2. The molecule has 0 heterocycles. The van der Waals surface area contributed by atoms with Gasteiger partial charge in [0.25, 0.3) is 0 Å². The molecular weight excluding hydrogens is 195 g/mol. The van der Waals surface area contributed by atoms with Gasteiger partial charge >= 0.3 is 0 Å². The molecule has 3 heteroatoms. The van der Waals surface area contributed by atoms with Crippen LogP contribution in [0.4, 0.5) is 0 Å². The van der Waals surface area contributed by atoms with E-state index in [0.29, 0.717) is 12.8 Å². The summed E-state index contributed by atoms with van der Waals surface area (Å²) in [7, 11) is -2.69. The van der Waals surface area contributed by atoms with Gasteiger partial charge in [0.2, 0.25) is 7.37 Å². The quantitative estimate of drug-likeness (QED) is 0.551. The fourth-order valence-corrected chi connectivity index (χ4v) is 3.11. The van der Waals surface area contributed by atoms with E-state index in [9.17, 15) is 4.57 Å². The highest BCUT2D eigenvalue weighted by Crippen LogP contribution is 2.45. The van der Waals surface area contributed by atoms with Crippen LogP contribution < -0.4 is 5.30 Å². The van der Waals surface area contributed by atoms with Crippen molar-refractivity contribution in [3.8, 4) is 0 Å². The molecule has 1 unspecified atom stereocenters. The first-order valence-corrected chi connectivity index (χ1v) is 6.44. The van der Waals surface area contributed by atoms with Crippen molar-refractivity contribution < 1.29 is 9.09 Å². The molecule has 0 aliphatic rings. The van der Waals surface area contributed by atoms with Gasteiger partial charge < -0.3 is 4.52 Å². The Balaban J connectivity index is 2.99. The maximum atomic E-state index is 12.3. The Morgan fingerprint density at radius 3 is 2.57 bits per heavy atom. The first-order chi connectivity index (χ1) is 6.73. The van der Waals surface area contributed by atoms with Crippen LogP contribution >= 0.6 is 7.37 Å². The highest BCUT2D eigenvalue weighted by molar-refractivity contribution is 7.67. The summed E-state index contributed by atoms with van der Waals surface area (Å²) in [6.07, 6.45) is 2.04. The second kappa shape index (κ2) is 5.14. The van der Waals surface area contributed by atoms with Crippen molar-refractivity contribution in [1.29, 1.82) is 0 Å². The number of rotatable bonds is 5. The zero-order valence-electron chi connectivity index (χ0n) is 8.35. The van der Waals surface area contributed by atoms with Gasteiger partial charge in [-0.05, 0) is 19.1 Å². The van der Waals surface area contributed by atoms with Crippen LogP contribution in [0.5, 0.6) is 0 Å². The average Bonchev–Trinajstić information content (AvgIpc) is 2.20. The fourth-order valence-electron chi connectivity index (χ4n) is 1.27. The van der Waals surface area contributed by atoms with E-state index in [1.807, 2.05) is 37.3 Å². The van der Waals surface area contributed by atoms with E-state index in [4.69, 9.17) is 4.52 Å². The Morgan fingerprint density at radius 2 is 2.07 bits per heavy atom. The van der Waals surface area contributed by atoms with Crippen LogP contribution in [-0.4, -0.2) is 12.8 Å². The summed E-state index contributed by atoms with van der Waals surface area (Å²) < 4.78 is 17.7. The molecule has 1 aromatic rings. The molecule has 0 saturated carbocycles. The molecule has 0 saturated heterocycles. The zero-order chi connectivity index (χ0) is 10.4. The highest BCUT2D eigenvalue weighted by Gasteiger charge is 2.22. The minimum atomic E-state index is -2.69. The van der Waals surface area contributed by atoms with Gasteiger partial charge in [0, 0.05) is 11.5 Å². The van der Waals surface area contributed by atoms with Gasteiger partial charge in [-0.3, -0.25) is 4.57 Å². The van der Waals surface area contributed by atoms with Gasteiger partial charge in [0.15, 0.2) is 0 Å². The van der Waals surface area contributed by atoms with Crippen molar-refractivity contribution in [3.63, 3.8) is 0 Å². The Kier molecular flexibility index (Phi) is 4.12. The topological polar surface area (TPSA) is 26.3 Å². The lowest BCUT2D eigenvalue weighted by Gasteiger charge is -2.15. The van der Waals surface area contributed by atoms with E-state index in [1.165, 1.54) is 0 Å². The second-order valence-electron chi connectivity index (χ2n) is 2.90. The van der Waals surface area contributed by atoms with Crippen LogP contribution in [0.1, 0.15) is 6.92 Å². The highest BCUT2D eigenvalue weighted by atomic mass is 31.2. The molecule has 0 aromatic heterocycles. The third-order valence-electron chi connectivity index (χ3n) is 1.86. The molecular formula is C11H15O2P. The smallest absolute Gasteiger partial charge is 0.235 e. The molecule has 14 heavy (non-hydrogen) atoms. The molecule has 0 amide bonds. The van der Waals surface area contributed by atoms with Crippen molar-refractivity contribution in [2.24, 2.45) is 0 Å². The van der Waals surface area contributed by atoms with Crippen molar-refractivity contribution in [3.05, 3.63) is 43.0 Å². The van der Waals surface area contributed by atoms with Crippen LogP contribution in [0.3, 0.4) is 0 Å². The Hall–Kier alpha value is -0.850. The van der Waals surface area contributed by atoms with Crippen LogP contribution in [-0.2, 0) is 9.09 Å². The number of hydrogen-bond acceptors (Lipinski definition) is 2. The predicted octanol–water partition coefficient (Wildman–Crippen LogP) is 2.81. The third kappa shape index (κ3) is 2.57. The summed E-state index contributed by atoms with van der Waals surface area (Å²) in [4.78, 5) is 0. The van der Waals surface area contributed by atoms with E-state index in [-0.39, 0.29) is 0 Å². The number of benzene rings is 1. The van der Waals surface area contributed by atoms with Crippen LogP contribution in [0, 0.1) is 0 Å². The lowest BCUT2D eigenvalue weighted by molar-refractivity contribution is 0.342. The second-order valence-corrected chi connectivity index (χ2v) is 5.38. The summed E-state index contributed by atoms with van der Waals surface area (Å²) in [6.45, 7) is 5.91. The fraction of sp³-hybridized carbons (Fsp3) is 0.273. The molecule has 0 bridgehead atoms. The van der Waals surface area contributed by atoms with Crippen LogP contribution in [0.25, 0.3) is 0 Å². The maximum Gasteiger partial charge on any atom is 0.235 e. The molecule has 1 rings (SSSR count). The number of allylic oxidation sites excluding steroid dienone is 1. The summed E-state index contributed by atoms with van der Waals surface area (Å²) in [6, 6.07) is 9.29. The number of hydrogen-bond donors (Lipinski definition) is 0. The van der Waals surface area contributed by atoms with E-state index in [2.05, 4.69) is 6.58 Å². The lowest BCUT2D eigenvalue weighted by atomic mass is 10.4. The molecule has 2 nitrogen and oxygen atoms in total. The van der Waals surface area contributed by atoms with E-state index in [1.54, 1.807) is 6.08 Å². The zero-order valence-corrected chi connectivity index (χ0v) is 9.24. The van der Waals surface area contributed by atoms with Gasteiger partial charge in [-0.2, -0.15) is 0 Å². The van der Waals surface area contributed by atoms with Crippen molar-refractivity contribution >= 4 is 12.7 Å². The first-order valence-electron chi connectivity index (χ1n) is 4.63. The molecule has 0 aliphatic carbocycles. The molecule has 76 valence electrons. The van der Waals surface area contributed by atoms with E-state index >= 15 is 0 Å². The lowest BCUT2D eigenvalue weighted by Crippen LogP contribution is -2.09. The summed E-state index contributed by atoms with van der Waals surface area (Å²) in [5.41, 5.74) is 0. The molecule has 1 atom stereocenters. The predicted molar refractivity (Wildman–Crippen MR) is 60.4 cm³/mol.